The van der Waals surface area contributed by atoms with Crippen molar-refractivity contribution in [3.63, 3.8) is 0 Å². The Morgan fingerprint density at radius 2 is 1.95 bits per heavy atom. The number of hydrogen-bond acceptors (Lipinski definition) is 3. The van der Waals surface area contributed by atoms with Crippen molar-refractivity contribution in [2.45, 2.75) is 51.0 Å². The number of allylic oxidation sites excluding steroid dienone is 1. The number of pyridine rings is 1. The summed E-state index contributed by atoms with van der Waals surface area (Å²) < 4.78 is 0. The van der Waals surface area contributed by atoms with Crippen LogP contribution < -0.4 is 10.2 Å². The molecule has 0 aromatic carbocycles. The van der Waals surface area contributed by atoms with Gasteiger partial charge in [-0.25, -0.2) is 0 Å². The van der Waals surface area contributed by atoms with Crippen molar-refractivity contribution >= 4 is 5.69 Å². The van der Waals surface area contributed by atoms with E-state index in [1.165, 1.54) is 50.6 Å². The Labute approximate surface area is 128 Å². The second kappa shape index (κ2) is 7.60. The Balaban J connectivity index is 1.37. The van der Waals surface area contributed by atoms with Crippen molar-refractivity contribution in [3.05, 3.63) is 36.2 Å². The first-order valence-electron chi connectivity index (χ1n) is 8.48. The summed E-state index contributed by atoms with van der Waals surface area (Å²) in [5.41, 5.74) is 3.00. The van der Waals surface area contributed by atoms with Crippen LogP contribution in [-0.4, -0.2) is 30.7 Å². The Bertz CT molecular complexity index is 447. The monoisotopic (exact) mass is 285 g/mol. The van der Waals surface area contributed by atoms with Crippen LogP contribution in [0, 0.1) is 0 Å². The van der Waals surface area contributed by atoms with E-state index in [-0.39, 0.29) is 0 Å². The molecule has 1 aromatic heterocycles. The van der Waals surface area contributed by atoms with Crippen LogP contribution in [0.25, 0.3) is 0 Å². The highest BCUT2D eigenvalue weighted by molar-refractivity contribution is 5.44. The highest BCUT2D eigenvalue weighted by Gasteiger charge is 2.18. The van der Waals surface area contributed by atoms with Crippen LogP contribution in [0.5, 0.6) is 0 Å². The first kappa shape index (κ1) is 14.6. The van der Waals surface area contributed by atoms with Crippen molar-refractivity contribution in [2.75, 3.05) is 24.5 Å². The Morgan fingerprint density at radius 3 is 2.67 bits per heavy atom. The van der Waals surface area contributed by atoms with Gasteiger partial charge in [0.1, 0.15) is 0 Å². The summed E-state index contributed by atoms with van der Waals surface area (Å²) in [5.74, 6) is 0. The predicted octanol–water partition coefficient (Wildman–Crippen LogP) is 3.53. The number of aromatic nitrogens is 1. The van der Waals surface area contributed by atoms with Gasteiger partial charge in [0, 0.05) is 37.2 Å². The highest BCUT2D eigenvalue weighted by Crippen LogP contribution is 2.21. The standard InChI is InChI=1S/C18H27N3/c1-2-4-16(5-3-1)6-13-20-17-9-14-21(15-10-17)18-7-11-19-12-8-18/h4,7-8,11-12,17,20H,1-3,5-6,9-10,13-15H2. The van der Waals surface area contributed by atoms with E-state index in [0.717, 1.165) is 19.6 Å². The summed E-state index contributed by atoms with van der Waals surface area (Å²) in [4.78, 5) is 6.57. The summed E-state index contributed by atoms with van der Waals surface area (Å²) >= 11 is 0. The van der Waals surface area contributed by atoms with E-state index in [0.29, 0.717) is 6.04 Å². The fourth-order valence-electron chi connectivity index (χ4n) is 3.47. The molecule has 3 heteroatoms. The third kappa shape index (κ3) is 4.31. The molecule has 114 valence electrons. The van der Waals surface area contributed by atoms with Crippen LogP contribution in [0.4, 0.5) is 5.69 Å². The van der Waals surface area contributed by atoms with E-state index in [1.54, 1.807) is 5.57 Å². The molecule has 1 N–H and O–H groups in total. The second-order valence-corrected chi connectivity index (χ2v) is 6.28. The van der Waals surface area contributed by atoms with E-state index in [2.05, 4.69) is 33.4 Å². The average Bonchev–Trinajstić information content (AvgIpc) is 2.57. The molecule has 1 fully saturated rings. The fraction of sp³-hybridized carbons (Fsp3) is 0.611. The summed E-state index contributed by atoms with van der Waals surface area (Å²) in [6.45, 7) is 3.47. The van der Waals surface area contributed by atoms with Crippen LogP contribution in [-0.2, 0) is 0 Å². The number of rotatable bonds is 5. The highest BCUT2D eigenvalue weighted by atomic mass is 15.1. The molecule has 1 aliphatic carbocycles. The van der Waals surface area contributed by atoms with Gasteiger partial charge in [-0.15, -0.1) is 0 Å². The summed E-state index contributed by atoms with van der Waals surface area (Å²) in [5, 5.41) is 3.76. The van der Waals surface area contributed by atoms with Crippen LogP contribution >= 0.6 is 0 Å². The molecule has 2 aliphatic rings. The molecule has 0 spiro atoms. The smallest absolute Gasteiger partial charge is 0.0397 e. The van der Waals surface area contributed by atoms with E-state index in [4.69, 9.17) is 0 Å². The number of hydrogen-bond donors (Lipinski definition) is 1. The van der Waals surface area contributed by atoms with E-state index in [9.17, 15) is 0 Å². The maximum Gasteiger partial charge on any atom is 0.0397 e. The SMILES string of the molecule is C1=C(CCNC2CCN(c3ccncc3)CC2)CCCC1. The molecule has 1 saturated heterocycles. The minimum atomic E-state index is 0.701. The van der Waals surface area contributed by atoms with Gasteiger partial charge >= 0.3 is 0 Å². The van der Waals surface area contributed by atoms with Gasteiger partial charge in [-0.3, -0.25) is 4.98 Å². The van der Waals surface area contributed by atoms with Crippen LogP contribution in [0.15, 0.2) is 36.2 Å². The number of piperidine rings is 1. The molecule has 0 atom stereocenters. The molecule has 0 radical (unpaired) electrons. The Kier molecular flexibility index (Phi) is 5.28. The van der Waals surface area contributed by atoms with Crippen LogP contribution in [0.3, 0.4) is 0 Å². The lowest BCUT2D eigenvalue weighted by Gasteiger charge is -2.34. The van der Waals surface area contributed by atoms with Gasteiger partial charge in [0.2, 0.25) is 0 Å². The molecule has 21 heavy (non-hydrogen) atoms. The minimum Gasteiger partial charge on any atom is -0.371 e. The van der Waals surface area contributed by atoms with Gasteiger partial charge in [0.05, 0.1) is 0 Å². The second-order valence-electron chi connectivity index (χ2n) is 6.28. The largest absolute Gasteiger partial charge is 0.371 e. The third-order valence-corrected chi connectivity index (χ3v) is 4.79. The van der Waals surface area contributed by atoms with E-state index < -0.39 is 0 Å². The molecule has 1 aromatic rings. The van der Waals surface area contributed by atoms with Crippen LogP contribution in [0.1, 0.15) is 44.9 Å². The maximum absolute atomic E-state index is 4.10. The van der Waals surface area contributed by atoms with Crippen molar-refractivity contribution in [1.82, 2.24) is 10.3 Å². The number of nitrogens with one attached hydrogen (secondary N) is 1. The molecule has 3 rings (SSSR count). The minimum absolute atomic E-state index is 0.701. The zero-order chi connectivity index (χ0) is 14.3. The number of nitrogens with zero attached hydrogens (tertiary/aromatic N) is 2. The third-order valence-electron chi connectivity index (χ3n) is 4.79. The molecule has 3 nitrogen and oxygen atoms in total. The molecule has 0 unspecified atom stereocenters. The van der Waals surface area contributed by atoms with Gasteiger partial charge in [0.15, 0.2) is 0 Å². The zero-order valence-electron chi connectivity index (χ0n) is 12.9. The quantitative estimate of drug-likeness (QED) is 0.839. The normalized spacial score (nSPS) is 20.4. The summed E-state index contributed by atoms with van der Waals surface area (Å²) in [6, 6.07) is 4.93. The molecular weight excluding hydrogens is 258 g/mol. The molecule has 0 saturated carbocycles. The zero-order valence-corrected chi connectivity index (χ0v) is 12.9. The molecule has 1 aliphatic heterocycles. The van der Waals surface area contributed by atoms with Crippen molar-refractivity contribution in [3.8, 4) is 0 Å². The first-order valence-corrected chi connectivity index (χ1v) is 8.48. The summed E-state index contributed by atoms with van der Waals surface area (Å²) in [7, 11) is 0. The lowest BCUT2D eigenvalue weighted by molar-refractivity contribution is 0.416. The maximum atomic E-state index is 4.10. The average molecular weight is 285 g/mol. The van der Waals surface area contributed by atoms with Gasteiger partial charge in [-0.1, -0.05) is 11.6 Å². The van der Waals surface area contributed by atoms with E-state index in [1.807, 2.05) is 12.4 Å². The number of anilines is 1. The fourth-order valence-corrected chi connectivity index (χ4v) is 3.47. The summed E-state index contributed by atoms with van der Waals surface area (Å²) in [6.07, 6.45) is 15.4. The van der Waals surface area contributed by atoms with Crippen molar-refractivity contribution in [2.24, 2.45) is 0 Å². The van der Waals surface area contributed by atoms with Crippen molar-refractivity contribution < 1.29 is 0 Å². The Hall–Kier alpha value is -1.35. The van der Waals surface area contributed by atoms with Crippen molar-refractivity contribution in [1.29, 1.82) is 0 Å². The molecular formula is C18H27N3. The topological polar surface area (TPSA) is 28.2 Å². The van der Waals surface area contributed by atoms with E-state index >= 15 is 0 Å². The lowest BCUT2D eigenvalue weighted by atomic mass is 9.97. The molecule has 0 bridgehead atoms. The van der Waals surface area contributed by atoms with Gasteiger partial charge in [-0.05, 0) is 63.6 Å². The Morgan fingerprint density at radius 1 is 1.14 bits per heavy atom. The lowest BCUT2D eigenvalue weighted by Crippen LogP contribution is -2.42. The van der Waals surface area contributed by atoms with Gasteiger partial charge < -0.3 is 10.2 Å². The predicted molar refractivity (Wildman–Crippen MR) is 88.6 cm³/mol. The van der Waals surface area contributed by atoms with Gasteiger partial charge in [-0.2, -0.15) is 0 Å². The first-order chi connectivity index (χ1) is 10.4. The van der Waals surface area contributed by atoms with Gasteiger partial charge in [0.25, 0.3) is 0 Å². The van der Waals surface area contributed by atoms with Crippen LogP contribution in [0.2, 0.25) is 0 Å². The molecule has 2 heterocycles. The molecule has 0 amide bonds.